The molecule has 0 aliphatic carbocycles. The van der Waals surface area contributed by atoms with Crippen molar-refractivity contribution >= 4 is 11.8 Å². The Bertz CT molecular complexity index is 841. The summed E-state index contributed by atoms with van der Waals surface area (Å²) in [6.45, 7) is 4.78. The van der Waals surface area contributed by atoms with E-state index in [1.165, 1.54) is 0 Å². The summed E-state index contributed by atoms with van der Waals surface area (Å²) in [6.07, 6.45) is 4.29. The predicted octanol–water partition coefficient (Wildman–Crippen LogP) is 1.97. The van der Waals surface area contributed by atoms with Crippen molar-refractivity contribution in [2.24, 2.45) is 0 Å². The fourth-order valence-electron chi connectivity index (χ4n) is 3.91. The number of fused-ring (bicyclic) bond motifs is 1. The zero-order chi connectivity index (χ0) is 19.5. The van der Waals surface area contributed by atoms with Gasteiger partial charge in [0.05, 0.1) is 17.5 Å². The van der Waals surface area contributed by atoms with E-state index >= 15 is 0 Å². The minimum Gasteiger partial charge on any atom is -0.481 e. The average Bonchev–Trinajstić information content (AvgIpc) is 3.17. The lowest BCUT2D eigenvalue weighted by Gasteiger charge is -2.36. The molecule has 2 aliphatic rings. The number of aryl methyl sites for hydroxylation is 1. The molecule has 1 fully saturated rings. The van der Waals surface area contributed by atoms with Crippen molar-refractivity contribution in [2.45, 2.75) is 38.8 Å². The fourth-order valence-corrected chi connectivity index (χ4v) is 3.91. The highest BCUT2D eigenvalue weighted by Crippen LogP contribution is 2.20. The molecule has 28 heavy (non-hydrogen) atoms. The lowest BCUT2D eigenvalue weighted by molar-refractivity contribution is -0.139. The highest BCUT2D eigenvalue weighted by molar-refractivity contribution is 5.95. The number of amides is 2. The van der Waals surface area contributed by atoms with Gasteiger partial charge in [0.15, 0.2) is 6.10 Å². The molecular formula is C21H26N4O3. The first kappa shape index (κ1) is 18.5. The Morgan fingerprint density at radius 1 is 1.00 bits per heavy atom. The summed E-state index contributed by atoms with van der Waals surface area (Å²) in [5, 5.41) is 4.37. The smallest absolute Gasteiger partial charge is 0.263 e. The van der Waals surface area contributed by atoms with Gasteiger partial charge in [-0.1, -0.05) is 18.2 Å². The van der Waals surface area contributed by atoms with Crippen LogP contribution in [0.4, 0.5) is 0 Å². The van der Waals surface area contributed by atoms with Gasteiger partial charge in [-0.2, -0.15) is 5.10 Å². The molecule has 2 aliphatic heterocycles. The maximum atomic E-state index is 12.9. The molecule has 1 aromatic heterocycles. The molecule has 2 aromatic rings. The Hall–Kier alpha value is -2.83. The van der Waals surface area contributed by atoms with Crippen LogP contribution in [0.25, 0.3) is 0 Å². The number of ether oxygens (including phenoxy) is 1. The Labute approximate surface area is 164 Å². The van der Waals surface area contributed by atoms with Gasteiger partial charge < -0.3 is 14.5 Å². The van der Waals surface area contributed by atoms with Crippen LogP contribution in [0.1, 0.15) is 35.8 Å². The number of nitrogens with zero attached hydrogens (tertiary/aromatic N) is 4. The Morgan fingerprint density at radius 3 is 2.46 bits per heavy atom. The third-order valence-electron chi connectivity index (χ3n) is 5.49. The molecule has 1 atom stereocenters. The van der Waals surface area contributed by atoms with Gasteiger partial charge in [-0.05, 0) is 38.3 Å². The quantitative estimate of drug-likeness (QED) is 0.811. The van der Waals surface area contributed by atoms with Crippen LogP contribution in [0.5, 0.6) is 5.75 Å². The molecule has 7 heteroatoms. The topological polar surface area (TPSA) is 67.7 Å². The monoisotopic (exact) mass is 382 g/mol. The average molecular weight is 382 g/mol. The van der Waals surface area contributed by atoms with Crippen LogP contribution in [-0.4, -0.2) is 63.7 Å². The molecule has 148 valence electrons. The number of hydrogen-bond donors (Lipinski definition) is 0. The minimum absolute atomic E-state index is 0.0313. The SMILES string of the molecule is CC(Oc1ccccc1)C(=O)N1CCN(C(=O)c2cnn3c2CCCC3)CC1. The molecule has 0 saturated carbocycles. The molecule has 0 N–H and O–H groups in total. The van der Waals surface area contributed by atoms with E-state index in [1.807, 2.05) is 39.9 Å². The van der Waals surface area contributed by atoms with E-state index in [-0.39, 0.29) is 11.8 Å². The highest BCUT2D eigenvalue weighted by atomic mass is 16.5. The van der Waals surface area contributed by atoms with Crippen molar-refractivity contribution in [1.29, 1.82) is 0 Å². The zero-order valence-corrected chi connectivity index (χ0v) is 16.2. The van der Waals surface area contributed by atoms with E-state index in [4.69, 9.17) is 4.74 Å². The summed E-state index contributed by atoms with van der Waals surface area (Å²) in [6, 6.07) is 9.35. The number of para-hydroxylation sites is 1. The highest BCUT2D eigenvalue weighted by Gasteiger charge is 2.30. The number of benzene rings is 1. The second-order valence-electron chi connectivity index (χ2n) is 7.38. The van der Waals surface area contributed by atoms with Gasteiger partial charge in [0, 0.05) is 32.7 Å². The minimum atomic E-state index is -0.549. The Morgan fingerprint density at radius 2 is 1.71 bits per heavy atom. The number of rotatable bonds is 4. The van der Waals surface area contributed by atoms with Crippen LogP contribution in [0, 0.1) is 0 Å². The molecule has 3 heterocycles. The van der Waals surface area contributed by atoms with Crippen LogP contribution < -0.4 is 4.74 Å². The van der Waals surface area contributed by atoms with Gasteiger partial charge in [-0.15, -0.1) is 0 Å². The molecule has 2 amide bonds. The first-order chi connectivity index (χ1) is 13.6. The number of hydrogen-bond acceptors (Lipinski definition) is 4. The lowest BCUT2D eigenvalue weighted by atomic mass is 10.1. The van der Waals surface area contributed by atoms with Crippen molar-refractivity contribution in [3.63, 3.8) is 0 Å². The summed E-state index contributed by atoms with van der Waals surface area (Å²) in [4.78, 5) is 29.2. The second-order valence-corrected chi connectivity index (χ2v) is 7.38. The molecule has 1 aromatic carbocycles. The maximum absolute atomic E-state index is 12.9. The summed E-state index contributed by atoms with van der Waals surface area (Å²) >= 11 is 0. The van der Waals surface area contributed by atoms with Crippen molar-refractivity contribution in [3.05, 3.63) is 47.8 Å². The molecule has 1 saturated heterocycles. The zero-order valence-electron chi connectivity index (χ0n) is 16.2. The first-order valence-corrected chi connectivity index (χ1v) is 9.98. The summed E-state index contributed by atoms with van der Waals surface area (Å²) in [7, 11) is 0. The van der Waals surface area contributed by atoms with Gasteiger partial charge >= 0.3 is 0 Å². The number of piperazine rings is 1. The molecule has 4 rings (SSSR count). The Kier molecular flexibility index (Phi) is 5.32. The van der Waals surface area contributed by atoms with Crippen molar-refractivity contribution in [1.82, 2.24) is 19.6 Å². The van der Waals surface area contributed by atoms with Crippen LogP contribution in [0.3, 0.4) is 0 Å². The van der Waals surface area contributed by atoms with Crippen LogP contribution in [0.2, 0.25) is 0 Å². The van der Waals surface area contributed by atoms with E-state index < -0.39 is 6.10 Å². The molecule has 7 nitrogen and oxygen atoms in total. The van der Waals surface area contributed by atoms with Gasteiger partial charge in [-0.25, -0.2) is 0 Å². The standard InChI is InChI=1S/C21H26N4O3/c1-16(28-17-7-3-2-4-8-17)20(26)23-11-13-24(14-12-23)21(27)18-15-22-25-10-6-5-9-19(18)25/h2-4,7-8,15-16H,5-6,9-14H2,1H3. The predicted molar refractivity (Wildman–Crippen MR) is 104 cm³/mol. The number of carbonyl (C=O) groups is 2. The van der Waals surface area contributed by atoms with Gasteiger partial charge in [0.25, 0.3) is 11.8 Å². The van der Waals surface area contributed by atoms with Crippen LogP contribution >= 0.6 is 0 Å². The van der Waals surface area contributed by atoms with E-state index in [1.54, 1.807) is 18.0 Å². The second kappa shape index (κ2) is 8.04. The van der Waals surface area contributed by atoms with E-state index in [9.17, 15) is 9.59 Å². The summed E-state index contributed by atoms with van der Waals surface area (Å²) in [5.74, 6) is 0.672. The van der Waals surface area contributed by atoms with Gasteiger partial charge in [-0.3, -0.25) is 14.3 Å². The molecule has 0 bridgehead atoms. The molecule has 0 spiro atoms. The third-order valence-corrected chi connectivity index (χ3v) is 5.49. The number of carbonyl (C=O) groups excluding carboxylic acids is 2. The van der Waals surface area contributed by atoms with Gasteiger partial charge in [0.1, 0.15) is 5.75 Å². The van der Waals surface area contributed by atoms with Crippen molar-refractivity contribution in [3.8, 4) is 5.75 Å². The van der Waals surface area contributed by atoms with Gasteiger partial charge in [0.2, 0.25) is 0 Å². The van der Waals surface area contributed by atoms with Crippen LogP contribution in [-0.2, 0) is 17.8 Å². The molecule has 1 unspecified atom stereocenters. The maximum Gasteiger partial charge on any atom is 0.263 e. The van der Waals surface area contributed by atoms with E-state index in [2.05, 4.69) is 5.10 Å². The molecule has 0 radical (unpaired) electrons. The Balaban J connectivity index is 1.33. The van der Waals surface area contributed by atoms with Crippen molar-refractivity contribution in [2.75, 3.05) is 26.2 Å². The summed E-state index contributed by atoms with van der Waals surface area (Å²) < 4.78 is 7.70. The number of aromatic nitrogens is 2. The van der Waals surface area contributed by atoms with E-state index in [0.29, 0.717) is 31.9 Å². The molecular weight excluding hydrogens is 356 g/mol. The van der Waals surface area contributed by atoms with Crippen molar-refractivity contribution < 1.29 is 14.3 Å². The third kappa shape index (κ3) is 3.74. The normalized spacial score (nSPS) is 17.8. The van der Waals surface area contributed by atoms with Crippen LogP contribution in [0.15, 0.2) is 36.5 Å². The van der Waals surface area contributed by atoms with E-state index in [0.717, 1.165) is 37.1 Å². The lowest BCUT2D eigenvalue weighted by Crippen LogP contribution is -2.53. The largest absolute Gasteiger partial charge is 0.481 e. The fraction of sp³-hybridized carbons (Fsp3) is 0.476. The summed E-state index contributed by atoms with van der Waals surface area (Å²) in [5.41, 5.74) is 1.78. The first-order valence-electron chi connectivity index (χ1n) is 9.98.